The van der Waals surface area contributed by atoms with Crippen LogP contribution < -0.4 is 10.1 Å². The first kappa shape index (κ1) is 15.2. The van der Waals surface area contributed by atoms with Crippen LogP contribution in [-0.4, -0.2) is 30.4 Å². The van der Waals surface area contributed by atoms with Crippen molar-refractivity contribution in [2.75, 3.05) is 19.5 Å². The number of halogens is 1. The molecule has 1 aromatic carbocycles. The van der Waals surface area contributed by atoms with Crippen molar-refractivity contribution in [3.8, 4) is 5.75 Å². The lowest BCUT2D eigenvalue weighted by molar-refractivity contribution is -0.385. The van der Waals surface area contributed by atoms with E-state index in [0.717, 1.165) is 12.8 Å². The van der Waals surface area contributed by atoms with Gasteiger partial charge in [0.2, 0.25) is 0 Å². The number of rotatable bonds is 7. The molecule has 0 aromatic heterocycles. The number of carbonyl (C=O) groups excluding carboxylic acids is 1. The fourth-order valence-corrected chi connectivity index (χ4v) is 1.68. The van der Waals surface area contributed by atoms with Gasteiger partial charge >= 0.3 is 5.69 Å². The number of nitrogens with zero attached hydrogens (tertiary/aromatic N) is 1. The molecule has 1 aromatic rings. The van der Waals surface area contributed by atoms with Gasteiger partial charge < -0.3 is 10.1 Å². The minimum Gasteiger partial charge on any atom is -0.490 e. The van der Waals surface area contributed by atoms with Crippen LogP contribution in [0.3, 0.4) is 0 Å². The van der Waals surface area contributed by atoms with E-state index in [-0.39, 0.29) is 17.3 Å². The van der Waals surface area contributed by atoms with Crippen LogP contribution in [-0.2, 0) is 0 Å². The largest absolute Gasteiger partial charge is 0.490 e. The lowest BCUT2D eigenvalue weighted by Gasteiger charge is -2.06. The van der Waals surface area contributed by atoms with E-state index < -0.39 is 4.92 Å². The van der Waals surface area contributed by atoms with Gasteiger partial charge in [-0.1, -0.05) is 0 Å². The Morgan fingerprint density at radius 1 is 1.47 bits per heavy atom. The zero-order valence-electron chi connectivity index (χ0n) is 10.5. The minimum atomic E-state index is -0.555. The third kappa shape index (κ3) is 4.40. The number of unbranched alkanes of at least 4 members (excludes halogenated alkanes) is 1. The van der Waals surface area contributed by atoms with Gasteiger partial charge in [0.15, 0.2) is 5.75 Å². The Balaban J connectivity index is 2.73. The molecule has 0 unspecified atom stereocenters. The minimum absolute atomic E-state index is 0.0680. The molecule has 0 aliphatic heterocycles. The third-order valence-electron chi connectivity index (χ3n) is 2.48. The lowest BCUT2D eigenvalue weighted by atomic mass is 10.1. The number of methoxy groups -OCH3 is 1. The van der Waals surface area contributed by atoms with E-state index in [1.807, 2.05) is 0 Å². The molecule has 0 aliphatic rings. The van der Waals surface area contributed by atoms with Crippen molar-refractivity contribution in [3.05, 3.63) is 33.9 Å². The van der Waals surface area contributed by atoms with E-state index in [4.69, 9.17) is 16.3 Å². The van der Waals surface area contributed by atoms with Crippen molar-refractivity contribution >= 4 is 23.2 Å². The number of benzene rings is 1. The summed E-state index contributed by atoms with van der Waals surface area (Å²) in [7, 11) is 1.32. The number of alkyl halides is 1. The number of ether oxygens (including phenoxy) is 1. The Bertz CT molecular complexity index is 465. The molecule has 0 spiro atoms. The summed E-state index contributed by atoms with van der Waals surface area (Å²) < 4.78 is 4.90. The van der Waals surface area contributed by atoms with Crippen LogP contribution in [0.1, 0.15) is 23.2 Å². The molecular formula is C12H15ClN2O4. The quantitative estimate of drug-likeness (QED) is 0.361. The number of nitrogens with one attached hydrogen (secondary N) is 1. The maximum absolute atomic E-state index is 11.8. The number of nitro benzene ring substituents is 1. The normalized spacial score (nSPS) is 10.0. The predicted octanol–water partition coefficient (Wildman–Crippen LogP) is 2.35. The van der Waals surface area contributed by atoms with Crippen molar-refractivity contribution in [3.63, 3.8) is 0 Å². The first-order chi connectivity index (χ1) is 9.10. The van der Waals surface area contributed by atoms with Crippen LogP contribution in [0.4, 0.5) is 5.69 Å². The topological polar surface area (TPSA) is 81.5 Å². The van der Waals surface area contributed by atoms with Crippen LogP contribution in [0, 0.1) is 10.1 Å². The number of hydrogen-bond acceptors (Lipinski definition) is 4. The maximum Gasteiger partial charge on any atom is 0.310 e. The molecule has 0 aliphatic carbocycles. The van der Waals surface area contributed by atoms with Gasteiger partial charge in [0.25, 0.3) is 5.91 Å². The van der Waals surface area contributed by atoms with E-state index in [2.05, 4.69) is 5.32 Å². The second kappa shape index (κ2) is 7.58. The molecule has 7 heteroatoms. The molecule has 0 saturated heterocycles. The van der Waals surface area contributed by atoms with Crippen LogP contribution in [0.2, 0.25) is 0 Å². The lowest BCUT2D eigenvalue weighted by Crippen LogP contribution is -2.24. The van der Waals surface area contributed by atoms with Gasteiger partial charge in [-0.05, 0) is 18.9 Å². The summed E-state index contributed by atoms with van der Waals surface area (Å²) in [5.41, 5.74) is 0.162. The molecule has 0 radical (unpaired) electrons. The Kier molecular flexibility index (Phi) is 6.08. The molecule has 19 heavy (non-hydrogen) atoms. The van der Waals surface area contributed by atoms with Gasteiger partial charge in [-0.25, -0.2) is 0 Å². The van der Waals surface area contributed by atoms with Crippen molar-refractivity contribution < 1.29 is 14.5 Å². The summed E-state index contributed by atoms with van der Waals surface area (Å²) in [5, 5.41) is 13.4. The Hall–Kier alpha value is -1.82. The van der Waals surface area contributed by atoms with Crippen molar-refractivity contribution in [2.24, 2.45) is 0 Å². The highest BCUT2D eigenvalue weighted by molar-refractivity contribution is 6.17. The first-order valence-electron chi connectivity index (χ1n) is 5.76. The average Bonchev–Trinajstić information content (AvgIpc) is 2.42. The molecule has 0 heterocycles. The third-order valence-corrected chi connectivity index (χ3v) is 2.75. The summed E-state index contributed by atoms with van der Waals surface area (Å²) in [6.07, 6.45) is 1.62. The summed E-state index contributed by atoms with van der Waals surface area (Å²) >= 11 is 5.53. The number of hydrogen-bond donors (Lipinski definition) is 1. The molecule has 1 N–H and O–H groups in total. The molecular weight excluding hydrogens is 272 g/mol. The molecule has 0 fully saturated rings. The Labute approximate surface area is 115 Å². The number of amides is 1. The van der Waals surface area contributed by atoms with Crippen LogP contribution in [0.5, 0.6) is 5.75 Å². The van der Waals surface area contributed by atoms with Crippen LogP contribution >= 0.6 is 11.6 Å². The van der Waals surface area contributed by atoms with Crippen molar-refractivity contribution in [1.82, 2.24) is 5.32 Å². The molecule has 1 amide bonds. The zero-order chi connectivity index (χ0) is 14.3. The van der Waals surface area contributed by atoms with Gasteiger partial charge in [-0.3, -0.25) is 14.9 Å². The van der Waals surface area contributed by atoms with E-state index in [1.165, 1.54) is 25.3 Å². The fraction of sp³-hybridized carbons (Fsp3) is 0.417. The van der Waals surface area contributed by atoms with Crippen molar-refractivity contribution in [2.45, 2.75) is 12.8 Å². The molecule has 6 nitrogen and oxygen atoms in total. The molecule has 0 atom stereocenters. The smallest absolute Gasteiger partial charge is 0.310 e. The summed E-state index contributed by atoms with van der Waals surface area (Å²) in [4.78, 5) is 22.0. The summed E-state index contributed by atoms with van der Waals surface area (Å²) in [6.45, 7) is 0.519. The Morgan fingerprint density at radius 3 is 2.79 bits per heavy atom. The standard InChI is InChI=1S/C12H15ClN2O4/c1-19-11-8-9(4-5-10(11)15(17)18)12(16)14-7-3-2-6-13/h4-5,8H,2-3,6-7H2,1H3,(H,14,16). The van der Waals surface area contributed by atoms with Gasteiger partial charge in [0, 0.05) is 30.1 Å². The number of nitro groups is 1. The molecule has 104 valence electrons. The predicted molar refractivity (Wildman–Crippen MR) is 71.9 cm³/mol. The summed E-state index contributed by atoms with van der Waals surface area (Å²) in [6, 6.07) is 4.01. The zero-order valence-corrected chi connectivity index (χ0v) is 11.3. The highest BCUT2D eigenvalue weighted by Gasteiger charge is 2.17. The monoisotopic (exact) mass is 286 g/mol. The van der Waals surface area contributed by atoms with Gasteiger partial charge in [-0.15, -0.1) is 11.6 Å². The first-order valence-corrected chi connectivity index (χ1v) is 6.30. The highest BCUT2D eigenvalue weighted by Crippen LogP contribution is 2.27. The molecule has 1 rings (SSSR count). The van der Waals surface area contributed by atoms with Gasteiger partial charge in [0.1, 0.15) is 0 Å². The second-order valence-electron chi connectivity index (χ2n) is 3.80. The SMILES string of the molecule is COc1cc(C(=O)NCCCCCl)ccc1[N+](=O)[O-]. The maximum atomic E-state index is 11.8. The highest BCUT2D eigenvalue weighted by atomic mass is 35.5. The van der Waals surface area contributed by atoms with Gasteiger partial charge in [0.05, 0.1) is 12.0 Å². The second-order valence-corrected chi connectivity index (χ2v) is 4.17. The summed E-state index contributed by atoms with van der Waals surface area (Å²) in [5.74, 6) is 0.336. The molecule has 0 saturated carbocycles. The van der Waals surface area contributed by atoms with Crippen LogP contribution in [0.15, 0.2) is 18.2 Å². The van der Waals surface area contributed by atoms with E-state index in [0.29, 0.717) is 18.0 Å². The van der Waals surface area contributed by atoms with E-state index in [9.17, 15) is 14.9 Å². The van der Waals surface area contributed by atoms with Crippen LogP contribution in [0.25, 0.3) is 0 Å². The van der Waals surface area contributed by atoms with E-state index >= 15 is 0 Å². The number of carbonyl (C=O) groups is 1. The molecule has 0 bridgehead atoms. The average molecular weight is 287 g/mol. The Morgan fingerprint density at radius 2 is 2.21 bits per heavy atom. The van der Waals surface area contributed by atoms with E-state index in [1.54, 1.807) is 0 Å². The fourth-order valence-electron chi connectivity index (χ4n) is 1.49. The van der Waals surface area contributed by atoms with Crippen molar-refractivity contribution in [1.29, 1.82) is 0 Å². The van der Waals surface area contributed by atoms with Gasteiger partial charge in [-0.2, -0.15) is 0 Å².